The number of anilines is 4. The molecule has 0 amide bonds. The van der Waals surface area contributed by atoms with Gasteiger partial charge < -0.3 is 31.9 Å². The Morgan fingerprint density at radius 1 is 0.917 bits per heavy atom. The van der Waals surface area contributed by atoms with Gasteiger partial charge in [0.2, 0.25) is 0 Å². The van der Waals surface area contributed by atoms with Gasteiger partial charge in [-0.15, -0.1) is 0 Å². The average Bonchev–Trinajstić information content (AvgIpc) is 2.90. The van der Waals surface area contributed by atoms with E-state index in [0.29, 0.717) is 35.7 Å². The molecule has 0 spiro atoms. The molecule has 0 atom stereocenters. The molecule has 0 aliphatic heterocycles. The predicted molar refractivity (Wildman–Crippen MR) is 136 cm³/mol. The average molecular weight is 482 g/mol. The highest BCUT2D eigenvalue weighted by Crippen LogP contribution is 2.27. The maximum atomic E-state index is 13.0. The second-order valence-electron chi connectivity index (χ2n) is 7.82. The zero-order valence-electron chi connectivity index (χ0n) is 19.1. The van der Waals surface area contributed by atoms with Gasteiger partial charge in [0.05, 0.1) is 28.3 Å². The van der Waals surface area contributed by atoms with Crippen molar-refractivity contribution in [1.82, 2.24) is 9.97 Å². The fourth-order valence-electron chi connectivity index (χ4n) is 3.37. The number of carbonyl (C=O) groups excluding carboxylic acids is 1. The van der Waals surface area contributed by atoms with Gasteiger partial charge in [0.15, 0.2) is 5.75 Å². The largest absolute Gasteiger partial charge is 0.506 e. The normalized spacial score (nSPS) is 10.3. The Morgan fingerprint density at radius 2 is 1.56 bits per heavy atom. The Balaban J connectivity index is 1.46. The van der Waals surface area contributed by atoms with Gasteiger partial charge in [-0.2, -0.15) is 5.26 Å². The van der Waals surface area contributed by atoms with Gasteiger partial charge in [-0.1, -0.05) is 12.1 Å². The smallest absolute Gasteiger partial charge is 0.347 e. The molecule has 0 saturated carbocycles. The van der Waals surface area contributed by atoms with E-state index in [1.807, 2.05) is 0 Å². The number of hydrogen-bond acceptors (Lipinski definition) is 10. The van der Waals surface area contributed by atoms with E-state index in [0.717, 1.165) is 11.1 Å². The summed E-state index contributed by atoms with van der Waals surface area (Å²) in [6.07, 6.45) is 6.03. The van der Waals surface area contributed by atoms with E-state index < -0.39 is 5.97 Å². The number of pyridine rings is 2. The Kier molecular flexibility index (Phi) is 7.12. The molecule has 0 unspecified atom stereocenters. The van der Waals surface area contributed by atoms with E-state index in [2.05, 4.69) is 26.7 Å². The number of rotatable bonds is 8. The third-order valence-corrected chi connectivity index (χ3v) is 5.32. The Morgan fingerprint density at radius 3 is 2.28 bits per heavy atom. The lowest BCUT2D eigenvalue weighted by Crippen LogP contribution is -2.14. The van der Waals surface area contributed by atoms with Crippen LogP contribution < -0.4 is 26.8 Å². The number of aromatic hydroxyl groups is 1. The van der Waals surface area contributed by atoms with Crippen LogP contribution in [0.4, 0.5) is 22.7 Å². The summed E-state index contributed by atoms with van der Waals surface area (Å²) in [5.74, 6) is -0.447. The first-order valence-corrected chi connectivity index (χ1v) is 10.9. The topological polar surface area (TPSA) is 172 Å². The van der Waals surface area contributed by atoms with Crippen LogP contribution in [0.1, 0.15) is 27.0 Å². The summed E-state index contributed by atoms with van der Waals surface area (Å²) >= 11 is 0. The van der Waals surface area contributed by atoms with Crippen LogP contribution in [0.2, 0.25) is 0 Å². The van der Waals surface area contributed by atoms with Crippen LogP contribution in [0.25, 0.3) is 0 Å². The van der Waals surface area contributed by atoms with E-state index in [-0.39, 0.29) is 22.7 Å². The van der Waals surface area contributed by atoms with Crippen LogP contribution in [0.5, 0.6) is 11.5 Å². The third kappa shape index (κ3) is 5.60. The number of nitrogen functional groups attached to an aromatic ring is 2. The number of nitriles is 1. The second kappa shape index (κ2) is 10.8. The molecule has 0 saturated heterocycles. The summed E-state index contributed by atoms with van der Waals surface area (Å²) in [7, 11) is 0. The van der Waals surface area contributed by atoms with Gasteiger partial charge in [-0.25, -0.2) is 4.79 Å². The zero-order chi connectivity index (χ0) is 25.5. The van der Waals surface area contributed by atoms with Crippen molar-refractivity contribution in [1.29, 1.82) is 5.26 Å². The van der Waals surface area contributed by atoms with Gasteiger partial charge >= 0.3 is 5.97 Å². The Bertz CT molecular complexity index is 1450. The molecule has 0 fully saturated rings. The van der Waals surface area contributed by atoms with E-state index in [4.69, 9.17) is 16.2 Å². The number of benzene rings is 2. The first kappa shape index (κ1) is 23.8. The Labute approximate surface area is 207 Å². The number of esters is 1. The van der Waals surface area contributed by atoms with E-state index in [1.165, 1.54) is 12.4 Å². The van der Waals surface area contributed by atoms with Gasteiger partial charge in [-0.05, 0) is 47.5 Å². The minimum Gasteiger partial charge on any atom is -0.506 e. The molecule has 2 aromatic carbocycles. The monoisotopic (exact) mass is 481 g/mol. The zero-order valence-corrected chi connectivity index (χ0v) is 19.1. The molecule has 180 valence electrons. The van der Waals surface area contributed by atoms with Crippen molar-refractivity contribution in [3.8, 4) is 17.6 Å². The lowest BCUT2D eigenvalue weighted by atomic mass is 10.1. The number of nitrogens with one attached hydrogen (secondary N) is 2. The molecule has 10 heteroatoms. The molecule has 7 N–H and O–H groups in total. The third-order valence-electron chi connectivity index (χ3n) is 5.32. The highest BCUT2D eigenvalue weighted by atomic mass is 16.5. The molecule has 2 heterocycles. The summed E-state index contributed by atoms with van der Waals surface area (Å²) < 4.78 is 5.61. The van der Waals surface area contributed by atoms with Crippen molar-refractivity contribution in [2.75, 3.05) is 22.1 Å². The van der Waals surface area contributed by atoms with E-state index >= 15 is 0 Å². The summed E-state index contributed by atoms with van der Waals surface area (Å²) in [6.45, 7) is 0.707. The number of nitrogens with zero attached hydrogens (tertiary/aromatic N) is 3. The summed E-state index contributed by atoms with van der Waals surface area (Å²) in [5, 5.41) is 25.4. The molecule has 0 aliphatic rings. The molecule has 0 radical (unpaired) electrons. The molecule has 0 aliphatic carbocycles. The van der Waals surface area contributed by atoms with Crippen molar-refractivity contribution in [2.24, 2.45) is 0 Å². The molecule has 36 heavy (non-hydrogen) atoms. The van der Waals surface area contributed by atoms with Crippen LogP contribution in [0.15, 0.2) is 73.3 Å². The van der Waals surface area contributed by atoms with Crippen molar-refractivity contribution >= 4 is 28.7 Å². The molecule has 4 aromatic rings. The number of phenols is 1. The van der Waals surface area contributed by atoms with Crippen molar-refractivity contribution in [2.45, 2.75) is 13.1 Å². The maximum absolute atomic E-state index is 13.0. The minimum atomic E-state index is -0.636. The number of ether oxygens (including phenoxy) is 1. The van der Waals surface area contributed by atoms with Crippen LogP contribution >= 0.6 is 0 Å². The summed E-state index contributed by atoms with van der Waals surface area (Å²) in [6, 6.07) is 15.5. The highest BCUT2D eigenvalue weighted by Gasteiger charge is 2.16. The van der Waals surface area contributed by atoms with Gasteiger partial charge in [-0.3, -0.25) is 9.97 Å². The lowest BCUT2D eigenvalue weighted by molar-refractivity contribution is 0.0736. The lowest BCUT2D eigenvalue weighted by Gasteiger charge is -2.14. The number of hydrogen-bond donors (Lipinski definition) is 5. The fourth-order valence-corrected chi connectivity index (χ4v) is 3.37. The molecular formula is C26H23N7O3. The molecule has 0 bridgehead atoms. The SMILES string of the molecule is N#Cc1cnccc1NCc1ccc(N)c(OC(=O)c2cnccc2NCc2ccc(N)c(O)c2)c1. The minimum absolute atomic E-state index is 0.0127. The highest BCUT2D eigenvalue weighted by molar-refractivity contribution is 5.97. The summed E-state index contributed by atoms with van der Waals surface area (Å²) in [4.78, 5) is 21.0. The van der Waals surface area contributed by atoms with Crippen LogP contribution in [0.3, 0.4) is 0 Å². The molecule has 4 rings (SSSR count). The number of nitrogens with two attached hydrogens (primary N) is 2. The van der Waals surface area contributed by atoms with Crippen LogP contribution in [0, 0.1) is 11.3 Å². The van der Waals surface area contributed by atoms with E-state index in [9.17, 15) is 15.2 Å². The molecular weight excluding hydrogens is 458 g/mol. The Hall–Kier alpha value is -5.30. The first-order chi connectivity index (χ1) is 17.4. The van der Waals surface area contributed by atoms with Crippen molar-refractivity contribution in [3.63, 3.8) is 0 Å². The first-order valence-electron chi connectivity index (χ1n) is 10.9. The molecule has 2 aromatic heterocycles. The quantitative estimate of drug-likeness (QED) is 0.108. The van der Waals surface area contributed by atoms with Crippen LogP contribution in [-0.2, 0) is 13.1 Å². The van der Waals surface area contributed by atoms with Gasteiger partial charge in [0.1, 0.15) is 17.4 Å². The number of carbonyl (C=O) groups is 1. The number of aromatic nitrogens is 2. The second-order valence-corrected chi connectivity index (χ2v) is 7.82. The molecule has 10 nitrogen and oxygen atoms in total. The van der Waals surface area contributed by atoms with Crippen molar-refractivity contribution in [3.05, 3.63) is 95.6 Å². The van der Waals surface area contributed by atoms with Crippen molar-refractivity contribution < 1.29 is 14.6 Å². The number of phenolic OH excluding ortho intramolecular Hbond substituents is 1. The van der Waals surface area contributed by atoms with E-state index in [1.54, 1.807) is 60.9 Å². The van der Waals surface area contributed by atoms with Gasteiger partial charge in [0.25, 0.3) is 0 Å². The standard InChI is InChI=1S/C26H23N7O3/c27-11-18-14-30-7-5-22(18)32-13-17-2-4-21(29)25(10-17)36-26(35)19-15-31-8-6-23(19)33-12-16-1-3-20(28)24(34)9-16/h1-10,14-15,34H,12-13,28-29H2,(H,30,32)(H,31,33). The van der Waals surface area contributed by atoms with Gasteiger partial charge in [0, 0.05) is 37.9 Å². The fraction of sp³-hybridized carbons (Fsp3) is 0.0769. The maximum Gasteiger partial charge on any atom is 0.347 e. The summed E-state index contributed by atoms with van der Waals surface area (Å²) in [5.41, 5.74) is 15.6. The predicted octanol–water partition coefficient (Wildman–Crippen LogP) is 3.66. The van der Waals surface area contributed by atoms with Crippen LogP contribution in [-0.4, -0.2) is 21.0 Å².